The van der Waals surface area contributed by atoms with Gasteiger partial charge >= 0.3 is 18.4 Å². The van der Waals surface area contributed by atoms with Crippen molar-refractivity contribution < 1.29 is 45.4 Å². The van der Waals surface area contributed by atoms with E-state index in [1.54, 1.807) is 13.8 Å². The molecule has 1 aliphatic carbocycles. The van der Waals surface area contributed by atoms with Crippen LogP contribution >= 0.6 is 0 Å². The van der Waals surface area contributed by atoms with E-state index in [-0.39, 0.29) is 30.3 Å². The molecule has 1 aromatic rings. The number of hydrogen-bond acceptors (Lipinski definition) is 6. The summed E-state index contributed by atoms with van der Waals surface area (Å²) in [6.07, 6.45) is -8.88. The predicted octanol–water partition coefficient (Wildman–Crippen LogP) is 4.19. The molecule has 1 saturated carbocycles. The summed E-state index contributed by atoms with van der Waals surface area (Å²) in [5.41, 5.74) is -1.83. The summed E-state index contributed by atoms with van der Waals surface area (Å²) in [5, 5.41) is 4.89. The van der Waals surface area contributed by atoms with E-state index < -0.39 is 60.4 Å². The lowest BCUT2D eigenvalue weighted by molar-refractivity contribution is -0.137. The number of likely N-dealkylation sites (N-methyl/N-ethyl adjacent to an activating group) is 1. The maximum Gasteiger partial charge on any atom is 0.414 e. The van der Waals surface area contributed by atoms with Crippen LogP contribution in [0.3, 0.4) is 0 Å². The molecule has 1 aliphatic rings. The normalized spacial score (nSPS) is 14.3. The van der Waals surface area contributed by atoms with Gasteiger partial charge in [0.05, 0.1) is 6.61 Å². The van der Waals surface area contributed by atoms with Crippen molar-refractivity contribution in [3.63, 3.8) is 0 Å². The van der Waals surface area contributed by atoms with Crippen LogP contribution in [0.1, 0.15) is 39.5 Å². The largest absolute Gasteiger partial charge is 0.476 e. The maximum absolute atomic E-state index is 13.0. The highest BCUT2D eigenvalue weighted by molar-refractivity contribution is 5.90. The summed E-state index contributed by atoms with van der Waals surface area (Å²) >= 11 is 0. The van der Waals surface area contributed by atoms with Crippen molar-refractivity contribution in [2.45, 2.75) is 57.4 Å². The number of ether oxygens (including phenoxy) is 2. The highest BCUT2D eigenvalue weighted by Gasteiger charge is 2.39. The lowest BCUT2D eigenvalue weighted by Crippen LogP contribution is -2.58. The summed E-state index contributed by atoms with van der Waals surface area (Å²) < 4.78 is 88.6. The van der Waals surface area contributed by atoms with E-state index in [2.05, 4.69) is 15.6 Å². The van der Waals surface area contributed by atoms with Crippen molar-refractivity contribution >= 4 is 17.7 Å². The number of halogens is 6. The molecule has 198 valence electrons. The fourth-order valence-corrected chi connectivity index (χ4v) is 3.32. The van der Waals surface area contributed by atoms with Gasteiger partial charge in [0.2, 0.25) is 17.7 Å². The minimum atomic E-state index is -4.93. The second-order valence-corrected chi connectivity index (χ2v) is 8.20. The molecule has 0 aromatic carbocycles. The van der Waals surface area contributed by atoms with Crippen molar-refractivity contribution in [2.24, 2.45) is 5.92 Å². The predicted molar refractivity (Wildman–Crippen MR) is 113 cm³/mol. The summed E-state index contributed by atoms with van der Waals surface area (Å²) in [6, 6.07) is 1.87. The minimum Gasteiger partial charge on any atom is -0.476 e. The number of nitrogens with one attached hydrogen (secondary N) is 2. The van der Waals surface area contributed by atoms with Crippen LogP contribution < -0.4 is 25.0 Å². The Morgan fingerprint density at radius 2 is 1.63 bits per heavy atom. The van der Waals surface area contributed by atoms with E-state index in [0.717, 1.165) is 25.0 Å². The first-order valence-electron chi connectivity index (χ1n) is 11.0. The number of nitrogens with zero attached hydrogens (tertiary/aromatic N) is 2. The average molecular weight is 514 g/mol. The van der Waals surface area contributed by atoms with Gasteiger partial charge in [0, 0.05) is 13.1 Å². The van der Waals surface area contributed by atoms with Crippen molar-refractivity contribution in [2.75, 3.05) is 31.6 Å². The molecule has 35 heavy (non-hydrogen) atoms. The van der Waals surface area contributed by atoms with Gasteiger partial charge in [-0.15, -0.1) is 0 Å². The summed E-state index contributed by atoms with van der Waals surface area (Å²) in [5.74, 6) is -1.31. The van der Waals surface area contributed by atoms with Gasteiger partial charge < -0.3 is 25.0 Å². The number of carbonyl (C=O) groups excluding carboxylic acids is 2. The number of anilines is 1. The minimum absolute atomic E-state index is 0.0347. The Kier molecular flexibility index (Phi) is 9.06. The lowest BCUT2D eigenvalue weighted by atomic mass is 9.92. The van der Waals surface area contributed by atoms with E-state index in [4.69, 9.17) is 9.47 Å². The molecule has 0 unspecified atom stereocenters. The molecular formula is C21H28F6N4O4. The number of hydrogen-bond donors (Lipinski definition) is 2. The molecule has 0 radical (unpaired) electrons. The lowest BCUT2D eigenvalue weighted by Gasteiger charge is -2.30. The van der Waals surface area contributed by atoms with Crippen LogP contribution in [0.5, 0.6) is 11.8 Å². The van der Waals surface area contributed by atoms with Gasteiger partial charge in [-0.05, 0) is 37.7 Å². The van der Waals surface area contributed by atoms with Crippen LogP contribution in [0.25, 0.3) is 0 Å². The molecule has 2 N–H and O–H groups in total. The molecule has 14 heteroatoms. The Hall–Kier alpha value is -2.93. The average Bonchev–Trinajstić information content (AvgIpc) is 3.57. The molecule has 0 saturated heterocycles. The standard InChI is InChI=1S/C21H28F6N4O4/c1-4-19(5-2,17(32)28-3)30-18(33)35-15-9-8-14(16(29-15)34-10-13-6-7-13)31(11-20(22,23)24)12-21(25,26)27/h8-9,13H,4-7,10-12H2,1-3H3,(H,28,32)(H,30,33). The number of amides is 2. The Morgan fingerprint density at radius 3 is 2.09 bits per heavy atom. The monoisotopic (exact) mass is 514 g/mol. The second-order valence-electron chi connectivity index (χ2n) is 8.20. The second kappa shape index (κ2) is 11.2. The molecule has 1 heterocycles. The molecular weight excluding hydrogens is 486 g/mol. The summed E-state index contributed by atoms with van der Waals surface area (Å²) in [6.45, 7) is -0.406. The summed E-state index contributed by atoms with van der Waals surface area (Å²) in [7, 11) is 1.40. The molecule has 0 atom stereocenters. The van der Waals surface area contributed by atoms with Crippen molar-refractivity contribution in [3.8, 4) is 11.8 Å². The first-order valence-corrected chi connectivity index (χ1v) is 11.0. The zero-order valence-electron chi connectivity index (χ0n) is 19.5. The zero-order valence-corrected chi connectivity index (χ0v) is 19.5. The Labute approximate surface area is 198 Å². The number of pyridine rings is 1. The molecule has 1 fully saturated rings. The molecule has 0 spiro atoms. The van der Waals surface area contributed by atoms with Crippen LogP contribution in [0.4, 0.5) is 36.8 Å². The highest BCUT2D eigenvalue weighted by atomic mass is 19.4. The van der Waals surface area contributed by atoms with Crippen molar-refractivity contribution in [1.82, 2.24) is 15.6 Å². The Balaban J connectivity index is 2.32. The first-order chi connectivity index (χ1) is 16.2. The van der Waals surface area contributed by atoms with E-state index in [1.807, 2.05) is 0 Å². The van der Waals surface area contributed by atoms with Crippen LogP contribution in [-0.2, 0) is 4.79 Å². The van der Waals surface area contributed by atoms with Crippen molar-refractivity contribution in [3.05, 3.63) is 12.1 Å². The van der Waals surface area contributed by atoms with Crippen LogP contribution in [-0.4, -0.2) is 61.6 Å². The topological polar surface area (TPSA) is 92.8 Å². The van der Waals surface area contributed by atoms with E-state index in [9.17, 15) is 35.9 Å². The molecule has 2 amide bonds. The van der Waals surface area contributed by atoms with E-state index in [0.29, 0.717) is 0 Å². The van der Waals surface area contributed by atoms with Gasteiger partial charge in [0.25, 0.3) is 0 Å². The Bertz CT molecular complexity index is 870. The molecule has 1 aromatic heterocycles. The van der Waals surface area contributed by atoms with Gasteiger partial charge in [-0.3, -0.25) is 4.79 Å². The third kappa shape index (κ3) is 8.66. The van der Waals surface area contributed by atoms with E-state index >= 15 is 0 Å². The zero-order chi connectivity index (χ0) is 26.4. The van der Waals surface area contributed by atoms with Crippen LogP contribution in [0.2, 0.25) is 0 Å². The number of alkyl halides is 6. The number of aromatic nitrogens is 1. The molecule has 0 aliphatic heterocycles. The maximum atomic E-state index is 13.0. The number of rotatable bonds is 11. The quantitative estimate of drug-likeness (QED) is 0.430. The van der Waals surface area contributed by atoms with Gasteiger partial charge in [-0.1, -0.05) is 13.8 Å². The van der Waals surface area contributed by atoms with Gasteiger partial charge in [0.1, 0.15) is 24.3 Å². The van der Waals surface area contributed by atoms with Gasteiger partial charge in [-0.2, -0.15) is 31.3 Å². The van der Waals surface area contributed by atoms with E-state index in [1.165, 1.54) is 7.05 Å². The third-order valence-corrected chi connectivity index (χ3v) is 5.46. The fourth-order valence-electron chi connectivity index (χ4n) is 3.32. The van der Waals surface area contributed by atoms with Crippen molar-refractivity contribution in [1.29, 1.82) is 0 Å². The molecule has 0 bridgehead atoms. The SMILES string of the molecule is CCC(CC)(NC(=O)Oc1ccc(N(CC(F)(F)F)CC(F)(F)F)c(OCC2CC2)n1)C(=O)NC. The van der Waals surface area contributed by atoms with Crippen LogP contribution in [0, 0.1) is 5.92 Å². The van der Waals surface area contributed by atoms with Crippen LogP contribution in [0.15, 0.2) is 12.1 Å². The smallest absolute Gasteiger partial charge is 0.414 e. The Morgan fingerprint density at radius 1 is 1.06 bits per heavy atom. The third-order valence-electron chi connectivity index (χ3n) is 5.46. The summed E-state index contributed by atoms with van der Waals surface area (Å²) in [4.78, 5) is 28.6. The molecule has 8 nitrogen and oxygen atoms in total. The first kappa shape index (κ1) is 28.3. The fraction of sp³-hybridized carbons (Fsp3) is 0.667. The molecule has 2 rings (SSSR count). The number of carbonyl (C=O) groups is 2. The highest BCUT2D eigenvalue weighted by Crippen LogP contribution is 2.36. The van der Waals surface area contributed by atoms with Gasteiger partial charge in [0.15, 0.2) is 0 Å². The van der Waals surface area contributed by atoms with Gasteiger partial charge in [-0.25, -0.2) is 4.79 Å².